The summed E-state index contributed by atoms with van der Waals surface area (Å²) in [6, 6.07) is 10.5. The van der Waals surface area contributed by atoms with Crippen molar-refractivity contribution in [3.63, 3.8) is 0 Å². The zero-order valence-electron chi connectivity index (χ0n) is 18.1. The van der Waals surface area contributed by atoms with E-state index in [1.165, 1.54) is 4.90 Å². The Morgan fingerprint density at radius 1 is 0.871 bits per heavy atom. The van der Waals surface area contributed by atoms with Crippen molar-refractivity contribution in [1.82, 2.24) is 4.90 Å². The molecular formula is C24H28N2O4S. The van der Waals surface area contributed by atoms with Gasteiger partial charge in [-0.15, -0.1) is 0 Å². The summed E-state index contributed by atoms with van der Waals surface area (Å²) in [5, 5.41) is 0. The number of imide groups is 1. The molecule has 1 saturated carbocycles. The molecule has 0 bridgehead atoms. The summed E-state index contributed by atoms with van der Waals surface area (Å²) < 4.78 is 28.8. The number of sulfonamides is 1. The topological polar surface area (TPSA) is 83.6 Å². The van der Waals surface area contributed by atoms with Crippen molar-refractivity contribution < 1.29 is 18.0 Å². The summed E-state index contributed by atoms with van der Waals surface area (Å²) in [5.41, 5.74) is 3.82. The Labute approximate surface area is 183 Å². The lowest BCUT2D eigenvalue weighted by molar-refractivity contribution is -0.140. The fraction of sp³-hybridized carbons (Fsp3) is 0.417. The summed E-state index contributed by atoms with van der Waals surface area (Å²) in [6.45, 7) is 5.75. The van der Waals surface area contributed by atoms with Gasteiger partial charge in [0, 0.05) is 5.69 Å². The molecule has 1 aliphatic carbocycles. The van der Waals surface area contributed by atoms with Gasteiger partial charge in [-0.25, -0.2) is 8.42 Å². The van der Waals surface area contributed by atoms with Crippen molar-refractivity contribution in [2.45, 2.75) is 57.9 Å². The van der Waals surface area contributed by atoms with Gasteiger partial charge in [-0.3, -0.25) is 19.2 Å². The van der Waals surface area contributed by atoms with Gasteiger partial charge in [-0.2, -0.15) is 0 Å². The third-order valence-electron chi connectivity index (χ3n) is 6.57. The van der Waals surface area contributed by atoms with E-state index in [9.17, 15) is 18.0 Å². The van der Waals surface area contributed by atoms with Crippen LogP contribution >= 0.6 is 0 Å². The second kappa shape index (κ2) is 8.11. The molecule has 2 aromatic carbocycles. The number of rotatable bonds is 5. The van der Waals surface area contributed by atoms with Crippen LogP contribution in [0.4, 0.5) is 5.69 Å². The third kappa shape index (κ3) is 4.11. The Morgan fingerprint density at radius 2 is 1.48 bits per heavy atom. The molecule has 0 unspecified atom stereocenters. The first-order chi connectivity index (χ1) is 14.7. The fourth-order valence-electron chi connectivity index (χ4n) is 4.62. The Kier molecular flexibility index (Phi) is 5.64. The van der Waals surface area contributed by atoms with E-state index in [1.807, 2.05) is 19.9 Å². The number of nitrogens with one attached hydrogen (secondary N) is 1. The zero-order valence-corrected chi connectivity index (χ0v) is 19.0. The van der Waals surface area contributed by atoms with Crippen molar-refractivity contribution in [3.05, 3.63) is 58.7 Å². The van der Waals surface area contributed by atoms with E-state index in [2.05, 4.69) is 4.72 Å². The number of carbonyl (C=O) groups is 2. The maximum absolute atomic E-state index is 13.1. The lowest BCUT2D eigenvalue weighted by atomic mass is 9.81. The molecule has 1 heterocycles. The number of benzene rings is 2. The Bertz CT molecular complexity index is 1130. The number of nitrogens with zero attached hydrogens (tertiary/aromatic N) is 1. The van der Waals surface area contributed by atoms with Gasteiger partial charge in [-0.05, 0) is 74.1 Å². The van der Waals surface area contributed by atoms with Gasteiger partial charge < -0.3 is 0 Å². The van der Waals surface area contributed by atoms with Crippen LogP contribution in [0.2, 0.25) is 0 Å². The van der Waals surface area contributed by atoms with E-state index in [0.717, 1.165) is 36.8 Å². The molecule has 1 N–H and O–H groups in total. The number of aryl methyl sites for hydroxylation is 3. The first kappa shape index (κ1) is 21.6. The normalized spacial score (nSPS) is 21.3. The van der Waals surface area contributed by atoms with Crippen LogP contribution < -0.4 is 4.72 Å². The van der Waals surface area contributed by atoms with Crippen LogP contribution in [0.5, 0.6) is 0 Å². The molecule has 7 heteroatoms. The van der Waals surface area contributed by atoms with E-state index in [1.54, 1.807) is 37.3 Å². The molecule has 0 spiro atoms. The Morgan fingerprint density at radius 3 is 2.10 bits per heavy atom. The van der Waals surface area contributed by atoms with Crippen molar-refractivity contribution in [1.29, 1.82) is 0 Å². The molecule has 164 valence electrons. The SMILES string of the molecule is Cc1ccc(NS(=O)(=O)c2cc(CN3C(=O)[C@H]4CCCC[C@H]4C3=O)ccc2C)cc1C. The predicted octanol–water partition coefficient (Wildman–Crippen LogP) is 4.09. The Balaban J connectivity index is 1.59. The second-order valence-corrected chi connectivity index (χ2v) is 10.4. The van der Waals surface area contributed by atoms with Crippen molar-refractivity contribution in [3.8, 4) is 0 Å². The number of carbonyl (C=O) groups excluding carboxylic acids is 2. The molecule has 2 aliphatic rings. The molecule has 31 heavy (non-hydrogen) atoms. The minimum absolute atomic E-state index is 0.108. The highest BCUT2D eigenvalue weighted by atomic mass is 32.2. The first-order valence-electron chi connectivity index (χ1n) is 10.7. The molecule has 1 saturated heterocycles. The van der Waals surface area contributed by atoms with Crippen LogP contribution in [0.1, 0.15) is 47.9 Å². The second-order valence-electron chi connectivity index (χ2n) is 8.76. The zero-order chi connectivity index (χ0) is 22.3. The van der Waals surface area contributed by atoms with Crippen LogP contribution in [-0.2, 0) is 26.2 Å². The maximum atomic E-state index is 13.1. The number of anilines is 1. The standard InChI is InChI=1S/C24H28N2O4S/c1-15-9-11-19(12-17(15)3)25-31(29,30)22-13-18(10-8-16(22)2)14-26-23(27)20-6-4-5-7-21(20)24(26)28/h8-13,20-21,25H,4-7,14H2,1-3H3/t20-,21+. The maximum Gasteiger partial charge on any atom is 0.262 e. The quantitative estimate of drug-likeness (QED) is 0.710. The van der Waals surface area contributed by atoms with Crippen LogP contribution in [-0.4, -0.2) is 25.1 Å². The molecule has 6 nitrogen and oxygen atoms in total. The molecule has 0 radical (unpaired) electrons. The smallest absolute Gasteiger partial charge is 0.262 e. The van der Waals surface area contributed by atoms with E-state index >= 15 is 0 Å². The number of likely N-dealkylation sites (tertiary alicyclic amines) is 1. The number of hydrogen-bond acceptors (Lipinski definition) is 4. The van der Waals surface area contributed by atoms with Crippen molar-refractivity contribution in [2.24, 2.45) is 11.8 Å². The predicted molar refractivity (Wildman–Crippen MR) is 119 cm³/mol. The lowest BCUT2D eigenvalue weighted by Crippen LogP contribution is -2.30. The molecule has 1 aliphatic heterocycles. The number of fused-ring (bicyclic) bond motifs is 1. The van der Waals surface area contributed by atoms with Gasteiger partial charge in [0.05, 0.1) is 23.3 Å². The highest BCUT2D eigenvalue weighted by Gasteiger charge is 2.47. The van der Waals surface area contributed by atoms with E-state index in [-0.39, 0.29) is 35.1 Å². The van der Waals surface area contributed by atoms with Gasteiger partial charge >= 0.3 is 0 Å². The monoisotopic (exact) mass is 440 g/mol. The molecule has 2 fully saturated rings. The van der Waals surface area contributed by atoms with E-state index in [0.29, 0.717) is 16.8 Å². The number of hydrogen-bond donors (Lipinski definition) is 1. The molecule has 0 aromatic heterocycles. The van der Waals surface area contributed by atoms with Gasteiger partial charge in [0.2, 0.25) is 11.8 Å². The average Bonchev–Trinajstić information content (AvgIpc) is 2.97. The third-order valence-corrected chi connectivity index (χ3v) is 8.10. The van der Waals surface area contributed by atoms with Crippen LogP contribution in [0.15, 0.2) is 41.3 Å². The summed E-state index contributed by atoms with van der Waals surface area (Å²) in [7, 11) is -3.82. The van der Waals surface area contributed by atoms with Gasteiger partial charge in [0.1, 0.15) is 0 Å². The summed E-state index contributed by atoms with van der Waals surface area (Å²) in [5.74, 6) is -0.649. The Hall–Kier alpha value is -2.67. The van der Waals surface area contributed by atoms with Gasteiger partial charge in [0.25, 0.3) is 10.0 Å². The minimum Gasteiger partial charge on any atom is -0.280 e. The van der Waals surface area contributed by atoms with E-state index < -0.39 is 10.0 Å². The van der Waals surface area contributed by atoms with Gasteiger partial charge in [0.15, 0.2) is 0 Å². The highest BCUT2D eigenvalue weighted by Crippen LogP contribution is 2.38. The first-order valence-corrected chi connectivity index (χ1v) is 12.2. The summed E-state index contributed by atoms with van der Waals surface area (Å²) >= 11 is 0. The molecule has 2 aromatic rings. The minimum atomic E-state index is -3.82. The van der Waals surface area contributed by atoms with Gasteiger partial charge in [-0.1, -0.05) is 31.0 Å². The molecule has 2 amide bonds. The van der Waals surface area contributed by atoms with Crippen molar-refractivity contribution in [2.75, 3.05) is 4.72 Å². The largest absolute Gasteiger partial charge is 0.280 e. The van der Waals surface area contributed by atoms with Crippen LogP contribution in [0.25, 0.3) is 0 Å². The highest BCUT2D eigenvalue weighted by molar-refractivity contribution is 7.92. The molecule has 4 rings (SSSR count). The van der Waals surface area contributed by atoms with Crippen LogP contribution in [0, 0.1) is 32.6 Å². The van der Waals surface area contributed by atoms with Crippen molar-refractivity contribution >= 4 is 27.5 Å². The number of amides is 2. The summed E-state index contributed by atoms with van der Waals surface area (Å²) in [4.78, 5) is 27.0. The van der Waals surface area contributed by atoms with Crippen LogP contribution in [0.3, 0.4) is 0 Å². The fourth-order valence-corrected chi connectivity index (χ4v) is 5.96. The van der Waals surface area contributed by atoms with E-state index in [4.69, 9.17) is 0 Å². The molecule has 2 atom stereocenters. The summed E-state index contributed by atoms with van der Waals surface area (Å²) in [6.07, 6.45) is 3.48. The molecular weight excluding hydrogens is 412 g/mol. The average molecular weight is 441 g/mol. The lowest BCUT2D eigenvalue weighted by Gasteiger charge is -2.19.